The Morgan fingerprint density at radius 2 is 0.609 bits per heavy atom. The van der Waals surface area contributed by atoms with Gasteiger partial charge in [-0.25, -0.2) is 0 Å². The molecule has 4 heterocycles. The van der Waals surface area contributed by atoms with Gasteiger partial charge in [0.25, 0.3) is 0 Å². The molecule has 8 rings (SSSR count). The van der Waals surface area contributed by atoms with Gasteiger partial charge in [0.1, 0.15) is 0 Å². The molecule has 0 spiro atoms. The molecule has 238 valence electrons. The van der Waals surface area contributed by atoms with E-state index in [-0.39, 0.29) is 0 Å². The number of ether oxygens (including phenoxy) is 4. The van der Waals surface area contributed by atoms with Crippen molar-refractivity contribution in [1.29, 1.82) is 0 Å². The first-order valence-corrected chi connectivity index (χ1v) is 16.4. The Morgan fingerprint density at radius 3 is 0.848 bits per heavy atom. The van der Waals surface area contributed by atoms with Crippen molar-refractivity contribution in [2.45, 2.75) is 24.4 Å². The molecule has 4 aromatic rings. The summed E-state index contributed by atoms with van der Waals surface area (Å²) in [6.07, 6.45) is 1.41. The van der Waals surface area contributed by atoms with Gasteiger partial charge in [0.2, 0.25) is 0 Å². The largest absolute Gasteiger partial charge is 0.371 e. The summed E-state index contributed by atoms with van der Waals surface area (Å²) in [6, 6.07) is 35.2. The molecule has 0 radical (unpaired) electrons. The van der Waals surface area contributed by atoms with Crippen LogP contribution in [0.3, 0.4) is 0 Å². The third-order valence-electron chi connectivity index (χ3n) is 9.35. The van der Waals surface area contributed by atoms with Crippen molar-refractivity contribution < 1.29 is 18.9 Å². The van der Waals surface area contributed by atoms with E-state index in [9.17, 15) is 0 Å². The van der Waals surface area contributed by atoms with Crippen molar-refractivity contribution >= 4 is 34.1 Å². The zero-order chi connectivity index (χ0) is 31.0. The molecule has 8 nitrogen and oxygen atoms in total. The van der Waals surface area contributed by atoms with E-state index >= 15 is 0 Å². The number of benzene rings is 4. The van der Waals surface area contributed by atoms with Gasteiger partial charge in [0.05, 0.1) is 50.8 Å². The van der Waals surface area contributed by atoms with Crippen molar-refractivity contribution in [2.24, 2.45) is 0 Å². The first-order chi connectivity index (χ1) is 22.6. The summed E-state index contributed by atoms with van der Waals surface area (Å²) >= 11 is 0. The normalized spacial score (nSPS) is 22.2. The van der Waals surface area contributed by atoms with Gasteiger partial charge in [-0.1, -0.05) is 24.3 Å². The van der Waals surface area contributed by atoms with Crippen LogP contribution in [0.15, 0.2) is 97.1 Å². The molecule has 4 saturated heterocycles. The summed E-state index contributed by atoms with van der Waals surface area (Å²) in [5.74, 6) is 0. The molecule has 0 aromatic heterocycles. The first kappa shape index (κ1) is 29.3. The summed E-state index contributed by atoms with van der Waals surface area (Å²) in [5.41, 5.74) is 9.45. The molecule has 4 fully saturated rings. The first-order valence-electron chi connectivity index (χ1n) is 16.4. The van der Waals surface area contributed by atoms with Gasteiger partial charge in [-0.15, -0.1) is 0 Å². The van der Waals surface area contributed by atoms with Crippen molar-refractivity contribution in [2.75, 3.05) is 86.3 Å². The zero-order valence-electron chi connectivity index (χ0n) is 26.6. The number of nitrogens with zero attached hydrogens (tertiary/aromatic N) is 4. The van der Waals surface area contributed by atoms with Gasteiger partial charge >= 0.3 is 0 Å². The quantitative estimate of drug-likeness (QED) is 0.148. The molecule has 0 amide bonds. The monoisotopic (exact) mass is 618 g/mol. The van der Waals surface area contributed by atoms with Gasteiger partial charge < -0.3 is 38.5 Å². The smallest absolute Gasteiger partial charge is 0.0984 e. The molecule has 46 heavy (non-hydrogen) atoms. The molecule has 8 heteroatoms. The summed E-state index contributed by atoms with van der Waals surface area (Å²) in [5, 5.41) is 0. The van der Waals surface area contributed by atoms with Crippen LogP contribution in [0.2, 0.25) is 0 Å². The van der Waals surface area contributed by atoms with Gasteiger partial charge in [0, 0.05) is 74.4 Å². The van der Waals surface area contributed by atoms with Crippen molar-refractivity contribution in [1.82, 2.24) is 0 Å². The fourth-order valence-electron chi connectivity index (χ4n) is 6.07. The summed E-state index contributed by atoms with van der Waals surface area (Å²) in [7, 11) is 4.24. The maximum atomic E-state index is 5.49. The molecule has 4 aliphatic heterocycles. The highest BCUT2D eigenvalue weighted by molar-refractivity contribution is 5.73. The van der Waals surface area contributed by atoms with Crippen LogP contribution in [0.1, 0.15) is 0 Å². The lowest BCUT2D eigenvalue weighted by molar-refractivity contribution is 0.388. The summed E-state index contributed by atoms with van der Waals surface area (Å²) in [4.78, 5) is 9.24. The highest BCUT2D eigenvalue weighted by Gasteiger charge is 2.32. The Balaban J connectivity index is 0.895. The van der Waals surface area contributed by atoms with Gasteiger partial charge in [-0.2, -0.15) is 0 Å². The topological polar surface area (TPSA) is 63.1 Å². The van der Waals surface area contributed by atoms with Crippen molar-refractivity contribution in [3.8, 4) is 11.1 Å². The minimum absolute atomic E-state index is 0.353. The minimum atomic E-state index is 0.353. The number of hydrogen-bond acceptors (Lipinski definition) is 8. The minimum Gasteiger partial charge on any atom is -0.371 e. The van der Waals surface area contributed by atoms with Crippen LogP contribution >= 0.6 is 0 Å². The second-order valence-electron chi connectivity index (χ2n) is 12.9. The molecule has 0 aliphatic carbocycles. The summed E-state index contributed by atoms with van der Waals surface area (Å²) < 4.78 is 22.0. The van der Waals surface area contributed by atoms with E-state index in [0.717, 1.165) is 75.4 Å². The average Bonchev–Trinajstić information content (AvgIpc) is 3.90. The second-order valence-corrected chi connectivity index (χ2v) is 12.9. The standard InChI is InChI=1S/C38H42N4O4/c1-39(31-11-15-33(16-12-31)41(19-35-23-43-35)20-36-24-44-36)29-7-3-27(4-8-29)28-5-9-30(10-6-28)40(2)32-13-17-34(18-14-32)42(21-37-25-45-37)22-38-26-46-38/h3-18,35-38H,19-26H2,1-2H3. The zero-order valence-corrected chi connectivity index (χ0v) is 26.6. The molecule has 4 unspecified atom stereocenters. The van der Waals surface area contributed by atoms with Crippen LogP contribution in [0.5, 0.6) is 0 Å². The van der Waals surface area contributed by atoms with E-state index in [1.54, 1.807) is 0 Å². The summed E-state index contributed by atoms with van der Waals surface area (Å²) in [6.45, 7) is 7.15. The molecule has 4 aromatic carbocycles. The van der Waals surface area contributed by atoms with Gasteiger partial charge in [-0.05, 0) is 83.9 Å². The highest BCUT2D eigenvalue weighted by Crippen LogP contribution is 2.32. The van der Waals surface area contributed by atoms with Gasteiger partial charge in [0.15, 0.2) is 0 Å². The van der Waals surface area contributed by atoms with Crippen LogP contribution in [0, 0.1) is 0 Å². The molecule has 0 bridgehead atoms. The lowest BCUT2D eigenvalue weighted by Gasteiger charge is -2.25. The van der Waals surface area contributed by atoms with Crippen LogP contribution < -0.4 is 19.6 Å². The SMILES string of the molecule is CN(c1ccc(-c2ccc(N(C)c3ccc(N(CC4CO4)CC4CO4)cc3)cc2)cc1)c1ccc(N(CC2CO2)CC2CO2)cc1. The molecular formula is C38H42N4O4. The van der Waals surface area contributed by atoms with E-state index in [1.807, 2.05) is 0 Å². The Morgan fingerprint density at radius 1 is 0.391 bits per heavy atom. The fraction of sp³-hybridized carbons (Fsp3) is 0.368. The van der Waals surface area contributed by atoms with Crippen LogP contribution in [0.4, 0.5) is 34.1 Å². The predicted octanol–water partition coefficient (Wildman–Crippen LogP) is 6.10. The second kappa shape index (κ2) is 12.6. The Labute approximate surface area is 271 Å². The number of rotatable bonds is 15. The average molecular weight is 619 g/mol. The van der Waals surface area contributed by atoms with E-state index in [1.165, 1.54) is 22.5 Å². The Bertz CT molecular complexity index is 1450. The fourth-order valence-corrected chi connectivity index (χ4v) is 6.07. The lowest BCUT2D eigenvalue weighted by Crippen LogP contribution is -2.31. The van der Waals surface area contributed by atoms with E-state index < -0.39 is 0 Å². The maximum absolute atomic E-state index is 5.49. The van der Waals surface area contributed by atoms with Crippen LogP contribution in [0.25, 0.3) is 11.1 Å². The van der Waals surface area contributed by atoms with E-state index in [4.69, 9.17) is 18.9 Å². The van der Waals surface area contributed by atoms with Gasteiger partial charge in [-0.3, -0.25) is 0 Å². The maximum Gasteiger partial charge on any atom is 0.0984 e. The molecular weight excluding hydrogens is 576 g/mol. The number of anilines is 6. The van der Waals surface area contributed by atoms with Crippen LogP contribution in [-0.4, -0.2) is 91.1 Å². The van der Waals surface area contributed by atoms with Crippen molar-refractivity contribution in [3.05, 3.63) is 97.1 Å². The molecule has 4 atom stereocenters. The lowest BCUT2D eigenvalue weighted by atomic mass is 10.0. The third-order valence-corrected chi connectivity index (χ3v) is 9.35. The Hall–Kier alpha value is -4.08. The van der Waals surface area contributed by atoms with Crippen LogP contribution in [-0.2, 0) is 18.9 Å². The highest BCUT2D eigenvalue weighted by atomic mass is 16.6. The molecule has 0 N–H and O–H groups in total. The number of epoxide rings is 4. The Kier molecular flexibility index (Phi) is 8.04. The van der Waals surface area contributed by atoms with E-state index in [2.05, 4.69) is 131 Å². The number of hydrogen-bond donors (Lipinski definition) is 0. The van der Waals surface area contributed by atoms with E-state index in [0.29, 0.717) is 24.4 Å². The van der Waals surface area contributed by atoms with Crippen molar-refractivity contribution in [3.63, 3.8) is 0 Å². The molecule has 0 saturated carbocycles. The predicted molar refractivity (Wildman–Crippen MR) is 184 cm³/mol. The molecule has 4 aliphatic rings. The third kappa shape index (κ3) is 7.16.